The van der Waals surface area contributed by atoms with Gasteiger partial charge in [-0.25, -0.2) is 0 Å². The lowest BCUT2D eigenvalue weighted by molar-refractivity contribution is -0.166. The van der Waals surface area contributed by atoms with Crippen molar-refractivity contribution in [3.63, 3.8) is 0 Å². The number of amides is 2. The largest absolute Gasteiger partial charge is 0.412 e. The van der Waals surface area contributed by atoms with Crippen molar-refractivity contribution in [2.45, 2.75) is 30.0 Å². The lowest BCUT2D eigenvalue weighted by Gasteiger charge is -2.21. The van der Waals surface area contributed by atoms with Crippen LogP contribution in [-0.2, 0) is 9.59 Å². The molecule has 0 radical (unpaired) electrons. The quantitative estimate of drug-likeness (QED) is 0.687. The lowest BCUT2D eigenvalue weighted by Crippen LogP contribution is -2.46. The van der Waals surface area contributed by atoms with E-state index in [0.717, 1.165) is 12.1 Å². The molecule has 2 atom stereocenters. The monoisotopic (exact) mass is 356 g/mol. The third kappa shape index (κ3) is 3.94. The molecule has 0 aromatic heterocycles. The number of halogens is 3. The molecular formula is C11H15F3N4O2S2. The maximum atomic E-state index is 12.4. The maximum absolute atomic E-state index is 12.4. The number of carbonyl (C=O) groups excluding carboxylic acids is 2. The zero-order chi connectivity index (χ0) is 17.1. The standard InChI is InChI=1S/C6H7F3N2OS.C5H8N2OS/c1-5(6(7,8)9)3(12)11-4(10-2)13-5;1-3-4(8)7-5(6-2)9-3/h1-2H3,(H,10,11,12);3H,1-2H3,(H,6,7,8). The fraction of sp³-hybridized carbons (Fsp3) is 0.636. The van der Waals surface area contributed by atoms with Crippen molar-refractivity contribution in [1.82, 2.24) is 10.6 Å². The van der Waals surface area contributed by atoms with E-state index >= 15 is 0 Å². The van der Waals surface area contributed by atoms with E-state index in [0.29, 0.717) is 11.8 Å². The van der Waals surface area contributed by atoms with Crippen LogP contribution in [0.3, 0.4) is 0 Å². The van der Waals surface area contributed by atoms with Crippen molar-refractivity contribution in [3.8, 4) is 0 Å². The van der Waals surface area contributed by atoms with Crippen LogP contribution in [-0.4, -0.2) is 52.4 Å². The van der Waals surface area contributed by atoms with Crippen LogP contribution < -0.4 is 10.6 Å². The molecule has 2 rings (SSSR count). The number of nitrogens with one attached hydrogen (secondary N) is 2. The van der Waals surface area contributed by atoms with E-state index in [1.54, 1.807) is 7.05 Å². The molecule has 0 aliphatic carbocycles. The Morgan fingerprint density at radius 2 is 1.68 bits per heavy atom. The Bertz CT molecular complexity index is 536. The van der Waals surface area contributed by atoms with E-state index in [4.69, 9.17) is 0 Å². The van der Waals surface area contributed by atoms with Crippen LogP contribution in [0, 0.1) is 0 Å². The van der Waals surface area contributed by atoms with Crippen molar-refractivity contribution in [3.05, 3.63) is 0 Å². The lowest BCUT2D eigenvalue weighted by atomic mass is 10.1. The molecule has 2 fully saturated rings. The second kappa shape index (κ2) is 6.90. The van der Waals surface area contributed by atoms with E-state index in [1.807, 2.05) is 6.92 Å². The van der Waals surface area contributed by atoms with Gasteiger partial charge in [0.2, 0.25) is 5.91 Å². The normalized spacial score (nSPS) is 31.9. The Morgan fingerprint density at radius 3 is 1.91 bits per heavy atom. The first-order chi connectivity index (χ1) is 10.0. The predicted molar refractivity (Wildman–Crippen MR) is 82.1 cm³/mol. The number of rotatable bonds is 0. The SMILES string of the molecule is CN=C1NC(=O)C(C)(C(F)(F)F)S1.CN=C1NC(=O)C(C)S1. The molecule has 11 heteroatoms. The summed E-state index contributed by atoms with van der Waals surface area (Å²) in [5.74, 6) is -1.01. The van der Waals surface area contributed by atoms with E-state index < -0.39 is 16.8 Å². The van der Waals surface area contributed by atoms with Gasteiger partial charge in [0.15, 0.2) is 15.1 Å². The third-order valence-corrected chi connectivity index (χ3v) is 5.17. The molecule has 2 amide bonds. The van der Waals surface area contributed by atoms with Gasteiger partial charge in [-0.15, -0.1) is 0 Å². The highest BCUT2D eigenvalue weighted by atomic mass is 32.2. The van der Waals surface area contributed by atoms with Crippen LogP contribution >= 0.6 is 23.5 Å². The van der Waals surface area contributed by atoms with Gasteiger partial charge in [0.05, 0.1) is 5.25 Å². The van der Waals surface area contributed by atoms with E-state index in [-0.39, 0.29) is 16.3 Å². The van der Waals surface area contributed by atoms with E-state index in [2.05, 4.69) is 20.6 Å². The first-order valence-electron chi connectivity index (χ1n) is 6.03. The highest BCUT2D eigenvalue weighted by Crippen LogP contribution is 2.44. The Hall–Kier alpha value is -1.23. The van der Waals surface area contributed by atoms with Crippen molar-refractivity contribution < 1.29 is 22.8 Å². The molecule has 0 bridgehead atoms. The first-order valence-corrected chi connectivity index (χ1v) is 7.73. The smallest absolute Gasteiger partial charge is 0.304 e. The van der Waals surface area contributed by atoms with Gasteiger partial charge in [-0.1, -0.05) is 23.5 Å². The van der Waals surface area contributed by atoms with E-state index in [1.165, 1.54) is 18.8 Å². The first kappa shape index (κ1) is 18.8. The van der Waals surface area contributed by atoms with Gasteiger partial charge in [-0.05, 0) is 13.8 Å². The molecule has 2 saturated heterocycles. The number of hydrogen-bond donors (Lipinski definition) is 2. The molecule has 6 nitrogen and oxygen atoms in total. The van der Waals surface area contributed by atoms with Crippen LogP contribution in [0.2, 0.25) is 0 Å². The third-order valence-electron chi connectivity index (χ3n) is 2.79. The van der Waals surface area contributed by atoms with E-state index in [9.17, 15) is 22.8 Å². The molecule has 22 heavy (non-hydrogen) atoms. The van der Waals surface area contributed by atoms with Gasteiger partial charge < -0.3 is 10.6 Å². The minimum absolute atomic E-state index is 0.00447. The Kier molecular flexibility index (Phi) is 5.90. The Morgan fingerprint density at radius 1 is 1.14 bits per heavy atom. The van der Waals surface area contributed by atoms with Crippen LogP contribution in [0.25, 0.3) is 0 Å². The molecule has 2 heterocycles. The van der Waals surface area contributed by atoms with Crippen molar-refractivity contribution in [1.29, 1.82) is 0 Å². The predicted octanol–water partition coefficient (Wildman–Crippen LogP) is 1.38. The summed E-state index contributed by atoms with van der Waals surface area (Å²) in [6.07, 6.45) is -4.56. The number of hydrogen-bond acceptors (Lipinski definition) is 6. The molecule has 0 aromatic rings. The topological polar surface area (TPSA) is 82.9 Å². The summed E-state index contributed by atoms with van der Waals surface area (Å²) in [5.41, 5.74) is 0. The van der Waals surface area contributed by atoms with Crippen LogP contribution in [0.15, 0.2) is 9.98 Å². The second-order valence-electron chi connectivity index (χ2n) is 4.39. The van der Waals surface area contributed by atoms with Gasteiger partial charge in [-0.3, -0.25) is 19.6 Å². The van der Waals surface area contributed by atoms with Gasteiger partial charge >= 0.3 is 6.18 Å². The summed E-state index contributed by atoms with van der Waals surface area (Å²) in [5, 5.41) is 5.45. The fourth-order valence-electron chi connectivity index (χ4n) is 1.34. The fourth-order valence-corrected chi connectivity index (χ4v) is 2.98. The second-order valence-corrected chi connectivity index (χ2v) is 7.13. The van der Waals surface area contributed by atoms with Gasteiger partial charge in [0, 0.05) is 14.1 Å². The Balaban J connectivity index is 0.000000235. The molecule has 2 N–H and O–H groups in total. The zero-order valence-electron chi connectivity index (χ0n) is 12.2. The maximum Gasteiger partial charge on any atom is 0.412 e. The van der Waals surface area contributed by atoms with Crippen molar-refractivity contribution in [2.24, 2.45) is 9.98 Å². The van der Waals surface area contributed by atoms with Crippen LogP contribution in [0.4, 0.5) is 13.2 Å². The minimum Gasteiger partial charge on any atom is -0.304 e. The highest BCUT2D eigenvalue weighted by molar-refractivity contribution is 8.16. The molecule has 0 aromatic carbocycles. The summed E-state index contributed by atoms with van der Waals surface area (Å²) >= 11 is 1.86. The average Bonchev–Trinajstić information content (AvgIpc) is 2.91. The van der Waals surface area contributed by atoms with Gasteiger partial charge in [0.1, 0.15) is 0 Å². The van der Waals surface area contributed by atoms with Crippen LogP contribution in [0.5, 0.6) is 0 Å². The Labute approximate surface area is 133 Å². The van der Waals surface area contributed by atoms with Crippen LogP contribution in [0.1, 0.15) is 13.8 Å². The molecule has 2 aliphatic rings. The number of carbonyl (C=O) groups is 2. The highest BCUT2D eigenvalue weighted by Gasteiger charge is 2.61. The number of aliphatic imine (C=N–C) groups is 2. The summed E-state index contributed by atoms with van der Waals surface area (Å²) in [6, 6.07) is 0. The van der Waals surface area contributed by atoms with Crippen molar-refractivity contribution in [2.75, 3.05) is 14.1 Å². The molecule has 0 saturated carbocycles. The number of alkyl halides is 3. The summed E-state index contributed by atoms with van der Waals surface area (Å²) in [4.78, 5) is 29.0. The summed E-state index contributed by atoms with van der Waals surface area (Å²) in [6.45, 7) is 2.70. The van der Waals surface area contributed by atoms with Gasteiger partial charge in [0.25, 0.3) is 5.91 Å². The number of thioether (sulfide) groups is 2. The minimum atomic E-state index is -4.56. The molecule has 0 spiro atoms. The summed E-state index contributed by atoms with van der Waals surface area (Å²) in [7, 11) is 2.99. The number of nitrogens with zero attached hydrogens (tertiary/aromatic N) is 2. The summed E-state index contributed by atoms with van der Waals surface area (Å²) < 4.78 is 34.7. The molecule has 124 valence electrons. The molecule has 2 aliphatic heterocycles. The van der Waals surface area contributed by atoms with Gasteiger partial charge in [-0.2, -0.15) is 13.2 Å². The molecule has 2 unspecified atom stereocenters. The average molecular weight is 356 g/mol. The number of amidine groups is 2. The van der Waals surface area contributed by atoms with Crippen molar-refractivity contribution >= 4 is 45.7 Å². The zero-order valence-corrected chi connectivity index (χ0v) is 13.9. The molecular weight excluding hydrogens is 341 g/mol.